The van der Waals surface area contributed by atoms with Crippen molar-refractivity contribution in [1.82, 2.24) is 24.7 Å². The molecule has 0 unspecified atom stereocenters. The summed E-state index contributed by atoms with van der Waals surface area (Å²) in [6, 6.07) is 18.8. The van der Waals surface area contributed by atoms with Gasteiger partial charge >= 0.3 is 0 Å². The molecule has 8 heteroatoms. The standard InChI is InChI=1S/C26H22F2N6/c1-17-14-23(29-13-11-18-6-4-8-20(27)15-18)32-25(31-17)24-21-9-5-12-30-26(21)34(33-24)16-19-7-2-3-10-22(19)28/h2-10,12,14-15H,11,13,16H2,1H3,(H,29,31,32). The Hall–Kier alpha value is -4.20. The van der Waals surface area contributed by atoms with Crippen molar-refractivity contribution in [2.45, 2.75) is 19.9 Å². The normalized spacial score (nSPS) is 11.1. The molecule has 0 bridgehead atoms. The molecule has 6 nitrogen and oxygen atoms in total. The predicted molar refractivity (Wildman–Crippen MR) is 127 cm³/mol. The van der Waals surface area contributed by atoms with Crippen molar-refractivity contribution >= 4 is 16.9 Å². The van der Waals surface area contributed by atoms with Crippen LogP contribution in [0.2, 0.25) is 0 Å². The van der Waals surface area contributed by atoms with E-state index in [1.54, 1.807) is 35.1 Å². The van der Waals surface area contributed by atoms with E-state index in [0.29, 0.717) is 41.5 Å². The largest absolute Gasteiger partial charge is 0.370 e. The van der Waals surface area contributed by atoms with Gasteiger partial charge in [-0.3, -0.25) is 0 Å². The number of aryl methyl sites for hydroxylation is 1. The Morgan fingerprint density at radius 1 is 0.941 bits per heavy atom. The molecule has 2 aromatic carbocycles. The fourth-order valence-corrected chi connectivity index (χ4v) is 3.87. The summed E-state index contributed by atoms with van der Waals surface area (Å²) >= 11 is 0. The van der Waals surface area contributed by atoms with Crippen molar-refractivity contribution in [2.24, 2.45) is 0 Å². The Bertz CT molecular complexity index is 1460. The number of benzene rings is 2. The van der Waals surface area contributed by atoms with Gasteiger partial charge in [0.2, 0.25) is 0 Å². The molecule has 0 atom stereocenters. The van der Waals surface area contributed by atoms with Crippen molar-refractivity contribution in [3.8, 4) is 11.5 Å². The summed E-state index contributed by atoms with van der Waals surface area (Å²) in [5.74, 6) is 0.572. The summed E-state index contributed by atoms with van der Waals surface area (Å²) in [5, 5.41) is 8.79. The van der Waals surface area contributed by atoms with Gasteiger partial charge in [0, 0.05) is 30.1 Å². The molecule has 0 radical (unpaired) electrons. The lowest BCUT2D eigenvalue weighted by Crippen LogP contribution is -2.08. The van der Waals surface area contributed by atoms with Crippen LogP contribution in [0.3, 0.4) is 0 Å². The highest BCUT2D eigenvalue weighted by Crippen LogP contribution is 2.26. The van der Waals surface area contributed by atoms with Crippen LogP contribution >= 0.6 is 0 Å². The Morgan fingerprint density at radius 2 is 1.82 bits per heavy atom. The average Bonchev–Trinajstić information content (AvgIpc) is 3.19. The van der Waals surface area contributed by atoms with Crippen molar-refractivity contribution in [1.29, 1.82) is 0 Å². The van der Waals surface area contributed by atoms with Crippen LogP contribution < -0.4 is 5.32 Å². The zero-order chi connectivity index (χ0) is 23.5. The topological polar surface area (TPSA) is 68.5 Å². The van der Waals surface area contributed by atoms with Gasteiger partial charge in [0.05, 0.1) is 11.9 Å². The molecule has 0 amide bonds. The van der Waals surface area contributed by atoms with Gasteiger partial charge in [-0.25, -0.2) is 28.4 Å². The van der Waals surface area contributed by atoms with E-state index in [2.05, 4.69) is 20.3 Å². The highest BCUT2D eigenvalue weighted by atomic mass is 19.1. The van der Waals surface area contributed by atoms with Crippen LogP contribution in [-0.4, -0.2) is 31.3 Å². The number of fused-ring (bicyclic) bond motifs is 1. The third-order valence-electron chi connectivity index (χ3n) is 5.46. The number of rotatable bonds is 7. The van der Waals surface area contributed by atoms with Crippen LogP contribution in [-0.2, 0) is 13.0 Å². The number of hydrogen-bond donors (Lipinski definition) is 1. The summed E-state index contributed by atoms with van der Waals surface area (Å²) in [5.41, 5.74) is 3.41. The van der Waals surface area contributed by atoms with Crippen molar-refractivity contribution < 1.29 is 8.78 Å². The minimum atomic E-state index is -0.291. The fourth-order valence-electron chi connectivity index (χ4n) is 3.87. The summed E-state index contributed by atoms with van der Waals surface area (Å²) in [4.78, 5) is 13.7. The van der Waals surface area contributed by atoms with E-state index in [4.69, 9.17) is 5.10 Å². The molecule has 3 aromatic heterocycles. The Balaban J connectivity index is 1.44. The van der Waals surface area contributed by atoms with E-state index in [1.807, 2.05) is 31.2 Å². The second-order valence-electron chi connectivity index (χ2n) is 8.00. The third kappa shape index (κ3) is 4.61. The van der Waals surface area contributed by atoms with Crippen molar-refractivity contribution in [3.63, 3.8) is 0 Å². The number of pyridine rings is 1. The quantitative estimate of drug-likeness (QED) is 0.366. The summed E-state index contributed by atoms with van der Waals surface area (Å²) < 4.78 is 29.4. The number of hydrogen-bond acceptors (Lipinski definition) is 5. The molecule has 0 aliphatic carbocycles. The first-order valence-electron chi connectivity index (χ1n) is 11.0. The van der Waals surface area contributed by atoms with Gasteiger partial charge in [0.15, 0.2) is 11.5 Å². The molecule has 1 N–H and O–H groups in total. The summed E-state index contributed by atoms with van der Waals surface area (Å²) in [6.07, 6.45) is 2.34. The SMILES string of the molecule is Cc1cc(NCCc2cccc(F)c2)nc(-c2nn(Cc3ccccc3F)c3ncccc23)n1. The van der Waals surface area contributed by atoms with Crippen LogP contribution in [0.4, 0.5) is 14.6 Å². The first kappa shape index (κ1) is 21.6. The molecule has 3 heterocycles. The van der Waals surface area contributed by atoms with Crippen LogP contribution in [0.5, 0.6) is 0 Å². The van der Waals surface area contributed by atoms with Gasteiger partial charge in [-0.05, 0) is 49.2 Å². The maximum Gasteiger partial charge on any atom is 0.183 e. The Morgan fingerprint density at radius 3 is 2.68 bits per heavy atom. The van der Waals surface area contributed by atoms with E-state index in [1.165, 1.54) is 18.2 Å². The van der Waals surface area contributed by atoms with Crippen LogP contribution in [0.25, 0.3) is 22.6 Å². The maximum atomic E-state index is 14.3. The monoisotopic (exact) mass is 456 g/mol. The number of nitrogens with zero attached hydrogens (tertiary/aromatic N) is 5. The smallest absolute Gasteiger partial charge is 0.183 e. The molecular formula is C26H22F2N6. The highest BCUT2D eigenvalue weighted by molar-refractivity contribution is 5.89. The zero-order valence-corrected chi connectivity index (χ0v) is 18.5. The molecule has 0 spiro atoms. The Labute approximate surface area is 195 Å². The molecule has 0 saturated carbocycles. The van der Waals surface area contributed by atoms with E-state index in [9.17, 15) is 8.78 Å². The van der Waals surface area contributed by atoms with Gasteiger partial charge in [-0.2, -0.15) is 5.10 Å². The van der Waals surface area contributed by atoms with E-state index < -0.39 is 0 Å². The molecule has 0 saturated heterocycles. The van der Waals surface area contributed by atoms with Gasteiger partial charge in [0.25, 0.3) is 0 Å². The van der Waals surface area contributed by atoms with Crippen molar-refractivity contribution in [2.75, 3.05) is 11.9 Å². The minimum absolute atomic E-state index is 0.241. The van der Waals surface area contributed by atoms with E-state index in [0.717, 1.165) is 16.6 Å². The average molecular weight is 457 g/mol. The second-order valence-corrected chi connectivity index (χ2v) is 8.00. The predicted octanol–water partition coefficient (Wildman–Crippen LogP) is 5.18. The molecule has 0 aliphatic heterocycles. The van der Waals surface area contributed by atoms with Crippen molar-refractivity contribution in [3.05, 3.63) is 101 Å². The van der Waals surface area contributed by atoms with Crippen LogP contribution in [0.15, 0.2) is 72.9 Å². The highest BCUT2D eigenvalue weighted by Gasteiger charge is 2.17. The van der Waals surface area contributed by atoms with Crippen LogP contribution in [0, 0.1) is 18.6 Å². The van der Waals surface area contributed by atoms with Gasteiger partial charge < -0.3 is 5.32 Å². The first-order chi connectivity index (χ1) is 16.6. The zero-order valence-electron chi connectivity index (χ0n) is 18.5. The third-order valence-corrected chi connectivity index (χ3v) is 5.46. The Kier molecular flexibility index (Phi) is 5.95. The molecule has 0 fully saturated rings. The van der Waals surface area contributed by atoms with Gasteiger partial charge in [-0.15, -0.1) is 0 Å². The molecule has 34 heavy (non-hydrogen) atoms. The maximum absolute atomic E-state index is 14.3. The van der Waals surface area contributed by atoms with Crippen LogP contribution in [0.1, 0.15) is 16.8 Å². The lowest BCUT2D eigenvalue weighted by Gasteiger charge is -2.08. The number of nitrogens with one attached hydrogen (secondary N) is 1. The summed E-state index contributed by atoms with van der Waals surface area (Å²) in [7, 11) is 0. The molecule has 0 aliphatic rings. The van der Waals surface area contributed by atoms with E-state index in [-0.39, 0.29) is 18.2 Å². The molecule has 5 rings (SSSR count). The lowest BCUT2D eigenvalue weighted by atomic mass is 10.1. The number of halogens is 2. The molecule has 170 valence electrons. The minimum Gasteiger partial charge on any atom is -0.370 e. The molecular weight excluding hydrogens is 434 g/mol. The second kappa shape index (κ2) is 9.35. The molecule has 5 aromatic rings. The van der Waals surface area contributed by atoms with Gasteiger partial charge in [-0.1, -0.05) is 30.3 Å². The number of anilines is 1. The summed E-state index contributed by atoms with van der Waals surface area (Å²) in [6.45, 7) is 2.72. The van der Waals surface area contributed by atoms with E-state index >= 15 is 0 Å². The fraction of sp³-hybridized carbons (Fsp3) is 0.154. The van der Waals surface area contributed by atoms with Gasteiger partial charge in [0.1, 0.15) is 23.1 Å². The lowest BCUT2D eigenvalue weighted by molar-refractivity contribution is 0.589. The first-order valence-corrected chi connectivity index (χ1v) is 11.0. The number of aromatic nitrogens is 5.